The molecule has 0 fully saturated rings. The Morgan fingerprint density at radius 3 is 2.45 bits per heavy atom. The molecular weight excluding hydrogens is 542 g/mol. The van der Waals surface area contributed by atoms with E-state index in [9.17, 15) is 19.7 Å². The third-order valence-electron chi connectivity index (χ3n) is 5.62. The van der Waals surface area contributed by atoms with Crippen molar-refractivity contribution in [1.29, 1.82) is 0 Å². The van der Waals surface area contributed by atoms with E-state index >= 15 is 0 Å². The molecule has 13 heteroatoms. The highest BCUT2D eigenvalue weighted by molar-refractivity contribution is 6.31. The molecule has 0 radical (unpaired) electrons. The van der Waals surface area contributed by atoms with Crippen LogP contribution in [0.1, 0.15) is 33.3 Å². The number of carbonyl (C=O) groups is 2. The Labute approximate surface area is 233 Å². The first-order chi connectivity index (χ1) is 19.1. The van der Waals surface area contributed by atoms with Gasteiger partial charge >= 0.3 is 11.6 Å². The average Bonchev–Trinajstić information content (AvgIpc) is 3.52. The largest absolute Gasteiger partial charge is 0.486 e. The molecule has 4 aromatic rings. The molecule has 2 aromatic carbocycles. The van der Waals surface area contributed by atoms with E-state index in [0.717, 1.165) is 29.4 Å². The quantitative estimate of drug-likeness (QED) is 0.154. The molecule has 0 unspecified atom stereocenters. The van der Waals surface area contributed by atoms with Crippen LogP contribution in [0.4, 0.5) is 5.69 Å². The number of benzene rings is 2. The van der Waals surface area contributed by atoms with Gasteiger partial charge in [-0.25, -0.2) is 5.43 Å². The van der Waals surface area contributed by atoms with Gasteiger partial charge in [-0.2, -0.15) is 5.10 Å². The molecule has 206 valence electrons. The second-order valence-electron chi connectivity index (χ2n) is 8.55. The minimum absolute atomic E-state index is 0.0196. The number of nitro benzene ring substituents is 1. The number of nitro groups is 1. The Kier molecular flexibility index (Phi) is 8.50. The normalized spacial score (nSPS) is 11.0. The number of rotatable bonds is 11. The maximum absolute atomic E-state index is 12.5. The third-order valence-corrected chi connectivity index (χ3v) is 5.84. The second-order valence-corrected chi connectivity index (χ2v) is 8.99. The number of carbonyl (C=O) groups excluding carboxylic acids is 2. The average molecular weight is 566 g/mol. The first-order valence-corrected chi connectivity index (χ1v) is 12.2. The van der Waals surface area contributed by atoms with Crippen LogP contribution >= 0.6 is 11.6 Å². The Morgan fingerprint density at radius 2 is 1.80 bits per heavy atom. The number of furan rings is 1. The molecule has 0 aliphatic heterocycles. The first-order valence-electron chi connectivity index (χ1n) is 11.8. The molecule has 0 saturated carbocycles. The van der Waals surface area contributed by atoms with E-state index < -0.39 is 29.0 Å². The summed E-state index contributed by atoms with van der Waals surface area (Å²) in [6.07, 6.45) is 1.08. The number of aromatic nitrogens is 1. The summed E-state index contributed by atoms with van der Waals surface area (Å²) in [5.74, 6) is -0.800. The van der Waals surface area contributed by atoms with E-state index in [-0.39, 0.29) is 28.7 Å². The van der Waals surface area contributed by atoms with Crippen molar-refractivity contribution in [2.75, 3.05) is 6.61 Å². The second kappa shape index (κ2) is 12.2. The predicted molar refractivity (Wildman–Crippen MR) is 146 cm³/mol. The summed E-state index contributed by atoms with van der Waals surface area (Å²) in [6, 6.07) is 17.1. The summed E-state index contributed by atoms with van der Waals surface area (Å²) in [4.78, 5) is 34.2. The van der Waals surface area contributed by atoms with E-state index in [1.54, 1.807) is 6.07 Å². The number of nitrogens with two attached hydrogens (primary N) is 1. The highest BCUT2D eigenvalue weighted by atomic mass is 35.5. The number of hydrogen-bond donors (Lipinski definition) is 2. The van der Waals surface area contributed by atoms with Gasteiger partial charge in [0.15, 0.2) is 12.4 Å². The minimum atomic E-state index is -0.836. The molecule has 4 rings (SSSR count). The van der Waals surface area contributed by atoms with Gasteiger partial charge in [-0.3, -0.25) is 19.7 Å². The Morgan fingerprint density at radius 1 is 1.10 bits per heavy atom. The number of ether oxygens (including phenoxy) is 2. The van der Waals surface area contributed by atoms with E-state index in [1.165, 1.54) is 12.1 Å². The van der Waals surface area contributed by atoms with Crippen molar-refractivity contribution in [2.45, 2.75) is 20.5 Å². The van der Waals surface area contributed by atoms with Crippen molar-refractivity contribution in [2.24, 2.45) is 10.8 Å². The number of hydrazone groups is 1. The third kappa shape index (κ3) is 6.66. The molecule has 2 heterocycles. The number of hydrogen-bond acceptors (Lipinski definition) is 8. The Balaban J connectivity index is 1.37. The smallest absolute Gasteiger partial charge is 0.313 e. The number of halogens is 1. The molecule has 0 aliphatic carbocycles. The van der Waals surface area contributed by atoms with Crippen LogP contribution in [0, 0.1) is 24.0 Å². The lowest BCUT2D eigenvalue weighted by atomic mass is 10.2. The molecule has 12 nitrogen and oxygen atoms in total. The highest BCUT2D eigenvalue weighted by Crippen LogP contribution is 2.33. The monoisotopic (exact) mass is 565 g/mol. The molecule has 0 spiro atoms. The summed E-state index contributed by atoms with van der Waals surface area (Å²) < 4.78 is 18.6. The standard InChI is InChI=1S/C27H24ClN5O7/c1-16-3-4-17(2)32(16)20-5-7-21(8-6-20)38-14-22-9-10-24(40-22)27(35)31-30-13-18-11-19(28)12-23(33(36)37)26(18)39-15-25(29)34/h3-13H,14-15H2,1-2H3,(H2,29,34)(H,31,35)/b30-13+. The molecule has 40 heavy (non-hydrogen) atoms. The van der Waals surface area contributed by atoms with Crippen molar-refractivity contribution in [3.63, 3.8) is 0 Å². The summed E-state index contributed by atoms with van der Waals surface area (Å²) in [5.41, 5.74) is 10.1. The Bertz CT molecular complexity index is 1570. The summed E-state index contributed by atoms with van der Waals surface area (Å²) in [6.45, 7) is 3.55. The number of nitrogens with one attached hydrogen (secondary N) is 1. The lowest BCUT2D eigenvalue weighted by molar-refractivity contribution is -0.385. The van der Waals surface area contributed by atoms with Crippen molar-refractivity contribution in [3.05, 3.63) is 104 Å². The van der Waals surface area contributed by atoms with Gasteiger partial charge in [-0.15, -0.1) is 0 Å². The van der Waals surface area contributed by atoms with E-state index in [2.05, 4.69) is 27.2 Å². The van der Waals surface area contributed by atoms with Crippen LogP contribution in [0.25, 0.3) is 5.69 Å². The van der Waals surface area contributed by atoms with Crippen molar-refractivity contribution in [1.82, 2.24) is 9.99 Å². The fourth-order valence-electron chi connectivity index (χ4n) is 3.85. The van der Waals surface area contributed by atoms with Crippen LogP contribution in [0.15, 0.2) is 70.2 Å². The zero-order chi connectivity index (χ0) is 28.8. The Hall–Kier alpha value is -5.10. The van der Waals surface area contributed by atoms with Crippen LogP contribution in [-0.4, -0.2) is 34.1 Å². The first kappa shape index (κ1) is 27.9. The van der Waals surface area contributed by atoms with Crippen molar-refractivity contribution >= 4 is 35.3 Å². The van der Waals surface area contributed by atoms with Gasteiger partial charge < -0.3 is 24.2 Å². The van der Waals surface area contributed by atoms with Crippen LogP contribution in [0.5, 0.6) is 11.5 Å². The molecular formula is C27H24ClN5O7. The number of primary amides is 1. The fourth-order valence-corrected chi connectivity index (χ4v) is 4.07. The lowest BCUT2D eigenvalue weighted by Gasteiger charge is -2.10. The van der Waals surface area contributed by atoms with Crippen LogP contribution < -0.4 is 20.6 Å². The number of nitrogens with zero attached hydrogens (tertiary/aromatic N) is 3. The maximum Gasteiger partial charge on any atom is 0.313 e. The van der Waals surface area contributed by atoms with Gasteiger partial charge in [-0.1, -0.05) is 11.6 Å². The molecule has 3 N–H and O–H groups in total. The van der Waals surface area contributed by atoms with Crippen LogP contribution in [-0.2, 0) is 11.4 Å². The topological polar surface area (TPSA) is 164 Å². The molecule has 2 amide bonds. The van der Waals surface area contributed by atoms with E-state index in [1.807, 2.05) is 38.1 Å². The molecule has 0 aliphatic rings. The summed E-state index contributed by atoms with van der Waals surface area (Å²) >= 11 is 5.96. The molecule has 0 saturated heterocycles. The maximum atomic E-state index is 12.5. The van der Waals surface area contributed by atoms with Crippen molar-refractivity contribution in [3.8, 4) is 17.2 Å². The predicted octanol–water partition coefficient (Wildman–Crippen LogP) is 4.46. The lowest BCUT2D eigenvalue weighted by Crippen LogP contribution is -2.21. The molecule has 0 atom stereocenters. The van der Waals surface area contributed by atoms with Gasteiger partial charge in [0.2, 0.25) is 5.75 Å². The van der Waals surface area contributed by atoms with Gasteiger partial charge in [-0.05, 0) is 68.4 Å². The highest BCUT2D eigenvalue weighted by Gasteiger charge is 2.21. The summed E-state index contributed by atoms with van der Waals surface area (Å²) in [7, 11) is 0. The zero-order valence-corrected chi connectivity index (χ0v) is 22.2. The summed E-state index contributed by atoms with van der Waals surface area (Å²) in [5, 5.41) is 15.2. The van der Waals surface area contributed by atoms with Gasteiger partial charge in [0.25, 0.3) is 5.91 Å². The van der Waals surface area contributed by atoms with Gasteiger partial charge in [0.05, 0.1) is 11.1 Å². The number of aryl methyl sites for hydroxylation is 2. The minimum Gasteiger partial charge on any atom is -0.486 e. The van der Waals surface area contributed by atoms with E-state index in [0.29, 0.717) is 11.5 Å². The van der Waals surface area contributed by atoms with Crippen LogP contribution in [0.2, 0.25) is 5.02 Å². The number of amides is 2. The molecule has 0 bridgehead atoms. The van der Waals surface area contributed by atoms with Crippen molar-refractivity contribution < 1.29 is 28.4 Å². The fraction of sp³-hybridized carbons (Fsp3) is 0.148. The SMILES string of the molecule is Cc1ccc(C)n1-c1ccc(OCc2ccc(C(=O)N/N=C/c3cc(Cl)cc([N+](=O)[O-])c3OCC(N)=O)o2)cc1. The molecule has 2 aromatic heterocycles. The van der Waals surface area contributed by atoms with Gasteiger partial charge in [0, 0.05) is 33.7 Å². The van der Waals surface area contributed by atoms with Gasteiger partial charge in [0.1, 0.15) is 18.1 Å². The van der Waals surface area contributed by atoms with E-state index in [4.69, 9.17) is 31.2 Å². The zero-order valence-electron chi connectivity index (χ0n) is 21.4. The van der Waals surface area contributed by atoms with Crippen LogP contribution in [0.3, 0.4) is 0 Å².